The predicted molar refractivity (Wildman–Crippen MR) is 89.1 cm³/mol. The first-order valence-corrected chi connectivity index (χ1v) is 7.90. The fraction of sp³-hybridized carbons (Fsp3) is 0.0667. The highest BCUT2D eigenvalue weighted by molar-refractivity contribution is 9.11. The first-order chi connectivity index (χ1) is 9.52. The van der Waals surface area contributed by atoms with Gasteiger partial charge in [-0.3, -0.25) is 0 Å². The molecule has 0 radical (unpaired) electrons. The van der Waals surface area contributed by atoms with E-state index < -0.39 is 0 Å². The summed E-state index contributed by atoms with van der Waals surface area (Å²) in [7, 11) is 0. The number of benzene rings is 2. The van der Waals surface area contributed by atoms with E-state index >= 15 is 0 Å². The molecule has 5 heteroatoms. The van der Waals surface area contributed by atoms with Crippen molar-refractivity contribution < 1.29 is 4.42 Å². The molecule has 0 aliphatic heterocycles. The molecular formula is C15H10Br2ClNO. The van der Waals surface area contributed by atoms with E-state index in [0.29, 0.717) is 10.8 Å². The predicted octanol–water partition coefficient (Wildman–Crippen LogP) is 5.66. The van der Waals surface area contributed by atoms with Gasteiger partial charge in [-0.1, -0.05) is 43.5 Å². The zero-order chi connectivity index (χ0) is 14.3. The van der Waals surface area contributed by atoms with E-state index in [1.165, 1.54) is 0 Å². The van der Waals surface area contributed by atoms with E-state index in [0.717, 1.165) is 25.5 Å². The van der Waals surface area contributed by atoms with E-state index in [2.05, 4.69) is 31.9 Å². The van der Waals surface area contributed by atoms with Gasteiger partial charge in [-0.25, -0.2) is 0 Å². The summed E-state index contributed by atoms with van der Waals surface area (Å²) in [5, 5.41) is 1.64. The Hall–Kier alpha value is -0.810. The van der Waals surface area contributed by atoms with E-state index in [1.54, 1.807) is 6.07 Å². The van der Waals surface area contributed by atoms with Crippen molar-refractivity contribution in [1.82, 2.24) is 0 Å². The first-order valence-electron chi connectivity index (χ1n) is 5.93. The number of hydrogen-bond donors (Lipinski definition) is 1. The topological polar surface area (TPSA) is 39.2 Å². The third-order valence-corrected chi connectivity index (χ3v) is 4.20. The van der Waals surface area contributed by atoms with Crippen molar-refractivity contribution in [3.8, 4) is 0 Å². The molecule has 0 spiro atoms. The summed E-state index contributed by atoms with van der Waals surface area (Å²) in [5.41, 5.74) is 8.04. The van der Waals surface area contributed by atoms with Crippen LogP contribution in [0.25, 0.3) is 11.0 Å². The van der Waals surface area contributed by atoms with E-state index in [4.69, 9.17) is 21.8 Å². The van der Waals surface area contributed by atoms with Crippen LogP contribution in [0.5, 0.6) is 0 Å². The second-order valence-electron chi connectivity index (χ2n) is 4.51. The molecule has 0 fully saturated rings. The molecule has 2 N–H and O–H groups in total. The van der Waals surface area contributed by atoms with Gasteiger partial charge in [-0.2, -0.15) is 0 Å². The van der Waals surface area contributed by atoms with E-state index in [-0.39, 0.29) is 6.04 Å². The molecule has 0 aliphatic carbocycles. The summed E-state index contributed by atoms with van der Waals surface area (Å²) >= 11 is 12.9. The lowest BCUT2D eigenvalue weighted by Crippen LogP contribution is -2.10. The smallest absolute Gasteiger partial charge is 0.134 e. The Kier molecular flexibility index (Phi) is 3.91. The van der Waals surface area contributed by atoms with Gasteiger partial charge in [0.1, 0.15) is 11.3 Å². The van der Waals surface area contributed by atoms with Crippen LogP contribution in [0.2, 0.25) is 5.02 Å². The van der Waals surface area contributed by atoms with Crippen LogP contribution < -0.4 is 5.73 Å². The van der Waals surface area contributed by atoms with Gasteiger partial charge in [0.25, 0.3) is 0 Å². The van der Waals surface area contributed by atoms with Crippen LogP contribution in [0.3, 0.4) is 0 Å². The van der Waals surface area contributed by atoms with Gasteiger partial charge in [-0.15, -0.1) is 0 Å². The van der Waals surface area contributed by atoms with Crippen LogP contribution in [0.15, 0.2) is 55.8 Å². The van der Waals surface area contributed by atoms with Gasteiger partial charge in [0.2, 0.25) is 0 Å². The third kappa shape index (κ3) is 2.79. The maximum Gasteiger partial charge on any atom is 0.134 e. The molecule has 3 rings (SSSR count). The van der Waals surface area contributed by atoms with E-state index in [9.17, 15) is 0 Å². The highest BCUT2D eigenvalue weighted by atomic mass is 79.9. The zero-order valence-electron chi connectivity index (χ0n) is 10.2. The van der Waals surface area contributed by atoms with Crippen LogP contribution >= 0.6 is 43.5 Å². The number of hydrogen-bond acceptors (Lipinski definition) is 2. The van der Waals surface area contributed by atoms with Crippen LogP contribution in [0.1, 0.15) is 17.4 Å². The van der Waals surface area contributed by atoms with Gasteiger partial charge >= 0.3 is 0 Å². The number of nitrogens with two attached hydrogens (primary N) is 1. The molecule has 102 valence electrons. The Morgan fingerprint density at radius 1 is 1.00 bits per heavy atom. The monoisotopic (exact) mass is 413 g/mol. The Labute approximate surface area is 138 Å². The molecular weight excluding hydrogens is 405 g/mol. The second-order valence-corrected chi connectivity index (χ2v) is 6.78. The average Bonchev–Trinajstić information content (AvgIpc) is 2.79. The lowest BCUT2D eigenvalue weighted by atomic mass is 10.1. The van der Waals surface area contributed by atoms with Crippen LogP contribution in [0.4, 0.5) is 0 Å². The number of halogens is 3. The Morgan fingerprint density at radius 2 is 1.70 bits per heavy atom. The fourth-order valence-corrected chi connectivity index (χ4v) is 3.62. The average molecular weight is 416 g/mol. The molecule has 2 aromatic carbocycles. The molecule has 1 heterocycles. The third-order valence-electron chi connectivity index (χ3n) is 3.05. The minimum absolute atomic E-state index is 0.324. The number of rotatable bonds is 2. The van der Waals surface area contributed by atoms with Crippen molar-refractivity contribution in [2.24, 2.45) is 5.73 Å². The summed E-state index contributed by atoms with van der Waals surface area (Å²) in [4.78, 5) is 0. The van der Waals surface area contributed by atoms with Crippen molar-refractivity contribution in [2.45, 2.75) is 6.04 Å². The SMILES string of the molecule is NC(c1cc(Br)cc(Br)c1)c1cc2cc(Cl)ccc2o1. The van der Waals surface area contributed by atoms with E-state index in [1.807, 2.05) is 36.4 Å². The van der Waals surface area contributed by atoms with Gasteiger partial charge < -0.3 is 10.2 Å². The largest absolute Gasteiger partial charge is 0.459 e. The standard InChI is InChI=1S/C15H10Br2ClNO/c16-10-3-9(4-11(17)7-10)15(19)14-6-8-5-12(18)1-2-13(8)20-14/h1-7,15H,19H2. The molecule has 1 atom stereocenters. The zero-order valence-corrected chi connectivity index (χ0v) is 14.2. The molecule has 0 amide bonds. The van der Waals surface area contributed by atoms with Crippen molar-refractivity contribution >= 4 is 54.4 Å². The minimum Gasteiger partial charge on any atom is -0.459 e. The molecule has 20 heavy (non-hydrogen) atoms. The molecule has 0 saturated carbocycles. The quantitative estimate of drug-likeness (QED) is 0.587. The van der Waals surface area contributed by atoms with Crippen molar-refractivity contribution in [2.75, 3.05) is 0 Å². The highest BCUT2D eigenvalue weighted by Crippen LogP contribution is 2.31. The summed E-state index contributed by atoms with van der Waals surface area (Å²) in [5.74, 6) is 0.715. The minimum atomic E-state index is -0.324. The summed E-state index contributed by atoms with van der Waals surface area (Å²) in [6.07, 6.45) is 0. The Morgan fingerprint density at radius 3 is 2.40 bits per heavy atom. The lowest BCUT2D eigenvalue weighted by Gasteiger charge is -2.10. The second kappa shape index (κ2) is 5.53. The summed E-state index contributed by atoms with van der Waals surface area (Å²) in [6, 6.07) is 13.1. The summed E-state index contributed by atoms with van der Waals surface area (Å²) < 4.78 is 7.74. The van der Waals surface area contributed by atoms with Gasteiger partial charge in [0, 0.05) is 19.4 Å². The van der Waals surface area contributed by atoms with Crippen molar-refractivity contribution in [3.63, 3.8) is 0 Å². The molecule has 2 nitrogen and oxygen atoms in total. The number of fused-ring (bicyclic) bond motifs is 1. The van der Waals surface area contributed by atoms with Gasteiger partial charge in [0.05, 0.1) is 6.04 Å². The van der Waals surface area contributed by atoms with Gasteiger partial charge in [-0.05, 0) is 48.0 Å². The van der Waals surface area contributed by atoms with Crippen molar-refractivity contribution in [3.05, 3.63) is 67.8 Å². The van der Waals surface area contributed by atoms with Gasteiger partial charge in [0.15, 0.2) is 0 Å². The molecule has 0 saturated heterocycles. The number of furan rings is 1. The van der Waals surface area contributed by atoms with Crippen molar-refractivity contribution in [1.29, 1.82) is 0 Å². The molecule has 0 bridgehead atoms. The van der Waals surface area contributed by atoms with Crippen LogP contribution in [0, 0.1) is 0 Å². The Balaban J connectivity index is 2.05. The van der Waals surface area contributed by atoms with Crippen LogP contribution in [-0.2, 0) is 0 Å². The Bertz CT molecular complexity index is 764. The molecule has 0 aliphatic rings. The highest BCUT2D eigenvalue weighted by Gasteiger charge is 2.15. The maximum atomic E-state index is 6.29. The normalized spacial score (nSPS) is 12.8. The fourth-order valence-electron chi connectivity index (χ4n) is 2.11. The molecule has 1 unspecified atom stereocenters. The van der Waals surface area contributed by atoms with Crippen LogP contribution in [-0.4, -0.2) is 0 Å². The lowest BCUT2D eigenvalue weighted by molar-refractivity contribution is 0.525. The molecule has 1 aromatic heterocycles. The molecule has 3 aromatic rings. The summed E-state index contributed by atoms with van der Waals surface area (Å²) in [6.45, 7) is 0. The first kappa shape index (κ1) is 14.1. The maximum absolute atomic E-state index is 6.29.